The van der Waals surface area contributed by atoms with Crippen molar-refractivity contribution in [1.29, 1.82) is 0 Å². The lowest BCUT2D eigenvalue weighted by molar-refractivity contribution is 0.644. The van der Waals surface area contributed by atoms with Crippen molar-refractivity contribution in [2.75, 3.05) is 6.54 Å². The molecule has 0 amide bonds. The molecule has 0 saturated carbocycles. The highest BCUT2D eigenvalue weighted by Gasteiger charge is 2.06. The van der Waals surface area contributed by atoms with E-state index in [1.54, 1.807) is 0 Å². The number of rotatable bonds is 5. The van der Waals surface area contributed by atoms with Gasteiger partial charge in [0.25, 0.3) is 0 Å². The van der Waals surface area contributed by atoms with Crippen molar-refractivity contribution in [1.82, 2.24) is 14.7 Å². The predicted octanol–water partition coefficient (Wildman–Crippen LogP) is 2.15. The van der Waals surface area contributed by atoms with E-state index in [9.17, 15) is 0 Å². The minimum absolute atomic E-state index is 0.832. The van der Waals surface area contributed by atoms with Crippen molar-refractivity contribution in [3.63, 3.8) is 0 Å². The summed E-state index contributed by atoms with van der Waals surface area (Å²) in [5.74, 6) is 2.64. The SMILES string of the molecule is C#CCCCNCc1c(C)nc2ccccn12. The van der Waals surface area contributed by atoms with Gasteiger partial charge in [0.2, 0.25) is 0 Å². The van der Waals surface area contributed by atoms with Gasteiger partial charge in [-0.1, -0.05) is 6.07 Å². The van der Waals surface area contributed by atoms with Gasteiger partial charge in [0.1, 0.15) is 5.65 Å². The number of aryl methyl sites for hydroxylation is 1. The molecule has 1 N–H and O–H groups in total. The minimum Gasteiger partial charge on any atom is -0.311 e. The normalized spacial score (nSPS) is 10.6. The molecule has 3 heteroatoms. The Morgan fingerprint density at radius 3 is 3.18 bits per heavy atom. The van der Waals surface area contributed by atoms with Crippen LogP contribution < -0.4 is 5.32 Å². The molecule has 0 fully saturated rings. The maximum Gasteiger partial charge on any atom is 0.137 e. The lowest BCUT2D eigenvalue weighted by atomic mass is 10.3. The summed E-state index contributed by atoms with van der Waals surface area (Å²) >= 11 is 0. The van der Waals surface area contributed by atoms with Crippen LogP contribution in [0.25, 0.3) is 5.65 Å². The molecular formula is C14H17N3. The third-order valence-electron chi connectivity index (χ3n) is 2.80. The number of hydrogen-bond donors (Lipinski definition) is 1. The van der Waals surface area contributed by atoms with E-state index in [1.807, 2.05) is 31.3 Å². The Bertz CT molecular complexity index is 534. The van der Waals surface area contributed by atoms with E-state index in [-0.39, 0.29) is 0 Å². The van der Waals surface area contributed by atoms with Gasteiger partial charge in [-0.15, -0.1) is 12.3 Å². The number of aromatic nitrogens is 2. The van der Waals surface area contributed by atoms with E-state index in [4.69, 9.17) is 6.42 Å². The van der Waals surface area contributed by atoms with Gasteiger partial charge in [-0.2, -0.15) is 0 Å². The molecule has 0 saturated heterocycles. The molecule has 88 valence electrons. The van der Waals surface area contributed by atoms with E-state index in [1.165, 1.54) is 5.69 Å². The van der Waals surface area contributed by atoms with Crippen LogP contribution in [0.15, 0.2) is 24.4 Å². The fourth-order valence-corrected chi connectivity index (χ4v) is 1.90. The third-order valence-corrected chi connectivity index (χ3v) is 2.80. The number of hydrogen-bond acceptors (Lipinski definition) is 2. The minimum atomic E-state index is 0.832. The molecule has 0 aromatic carbocycles. The molecular weight excluding hydrogens is 210 g/mol. The first-order valence-corrected chi connectivity index (χ1v) is 5.89. The van der Waals surface area contributed by atoms with Crippen molar-refractivity contribution >= 4 is 5.65 Å². The Balaban J connectivity index is 2.03. The van der Waals surface area contributed by atoms with E-state index < -0.39 is 0 Å². The first kappa shape index (κ1) is 11.7. The maximum absolute atomic E-state index is 5.21. The second-order valence-corrected chi connectivity index (χ2v) is 4.06. The Morgan fingerprint density at radius 2 is 2.35 bits per heavy atom. The number of nitrogens with zero attached hydrogens (tertiary/aromatic N) is 2. The van der Waals surface area contributed by atoms with E-state index in [0.29, 0.717) is 0 Å². The molecule has 17 heavy (non-hydrogen) atoms. The van der Waals surface area contributed by atoms with Gasteiger partial charge in [0, 0.05) is 19.2 Å². The molecule has 2 heterocycles. The zero-order valence-electron chi connectivity index (χ0n) is 10.1. The molecule has 0 radical (unpaired) electrons. The van der Waals surface area contributed by atoms with Gasteiger partial charge < -0.3 is 9.72 Å². The monoisotopic (exact) mass is 227 g/mol. The number of terminal acetylenes is 1. The van der Waals surface area contributed by atoms with Gasteiger partial charge in [0.15, 0.2) is 0 Å². The zero-order chi connectivity index (χ0) is 12.1. The molecule has 0 atom stereocenters. The van der Waals surface area contributed by atoms with Crippen molar-refractivity contribution in [2.24, 2.45) is 0 Å². The molecule has 2 aromatic heterocycles. The van der Waals surface area contributed by atoms with Crippen LogP contribution in [-0.2, 0) is 6.54 Å². The van der Waals surface area contributed by atoms with Gasteiger partial charge >= 0.3 is 0 Å². The fraction of sp³-hybridized carbons (Fsp3) is 0.357. The summed E-state index contributed by atoms with van der Waals surface area (Å²) in [5.41, 5.74) is 3.31. The highest BCUT2D eigenvalue weighted by molar-refractivity contribution is 5.42. The average Bonchev–Trinajstić information content (AvgIpc) is 2.65. The number of imidazole rings is 1. The Hall–Kier alpha value is -1.79. The Labute approximate surface area is 102 Å². The van der Waals surface area contributed by atoms with Crippen LogP contribution in [-0.4, -0.2) is 15.9 Å². The highest BCUT2D eigenvalue weighted by Crippen LogP contribution is 2.11. The first-order chi connectivity index (χ1) is 8.33. The van der Waals surface area contributed by atoms with Gasteiger partial charge in [-0.3, -0.25) is 0 Å². The Morgan fingerprint density at radius 1 is 1.47 bits per heavy atom. The van der Waals surface area contributed by atoms with Gasteiger partial charge in [-0.05, 0) is 32.0 Å². The van der Waals surface area contributed by atoms with Crippen LogP contribution in [0.1, 0.15) is 24.2 Å². The van der Waals surface area contributed by atoms with Crippen LogP contribution >= 0.6 is 0 Å². The van der Waals surface area contributed by atoms with Crippen LogP contribution in [0, 0.1) is 19.3 Å². The van der Waals surface area contributed by atoms with Crippen LogP contribution in [0.3, 0.4) is 0 Å². The van der Waals surface area contributed by atoms with E-state index in [2.05, 4.69) is 20.6 Å². The maximum atomic E-state index is 5.21. The van der Waals surface area contributed by atoms with Crippen LogP contribution in [0.5, 0.6) is 0 Å². The Kier molecular flexibility index (Phi) is 3.79. The third kappa shape index (κ3) is 2.66. The second kappa shape index (κ2) is 5.51. The number of fused-ring (bicyclic) bond motifs is 1. The molecule has 0 bridgehead atoms. The average molecular weight is 227 g/mol. The van der Waals surface area contributed by atoms with Gasteiger partial charge in [0.05, 0.1) is 11.4 Å². The van der Waals surface area contributed by atoms with Crippen molar-refractivity contribution in [3.8, 4) is 12.3 Å². The van der Waals surface area contributed by atoms with Crippen molar-refractivity contribution in [3.05, 3.63) is 35.8 Å². The molecule has 0 aliphatic heterocycles. The lowest BCUT2D eigenvalue weighted by Crippen LogP contribution is -2.16. The largest absolute Gasteiger partial charge is 0.311 e. The zero-order valence-corrected chi connectivity index (χ0v) is 10.1. The summed E-state index contributed by atoms with van der Waals surface area (Å²) in [7, 11) is 0. The predicted molar refractivity (Wildman–Crippen MR) is 69.7 cm³/mol. The summed E-state index contributed by atoms with van der Waals surface area (Å²) in [5, 5.41) is 3.40. The van der Waals surface area contributed by atoms with Crippen molar-refractivity contribution < 1.29 is 0 Å². The molecule has 0 spiro atoms. The first-order valence-electron chi connectivity index (χ1n) is 5.89. The molecule has 0 aliphatic rings. The van der Waals surface area contributed by atoms with Crippen LogP contribution in [0.2, 0.25) is 0 Å². The summed E-state index contributed by atoms with van der Waals surface area (Å²) in [6.07, 6.45) is 9.11. The molecule has 0 aliphatic carbocycles. The standard InChI is InChI=1S/C14H17N3/c1-3-4-6-9-15-11-13-12(2)16-14-8-5-7-10-17(13)14/h1,5,7-8,10,15H,4,6,9,11H2,2H3. The highest BCUT2D eigenvalue weighted by atomic mass is 15.0. The van der Waals surface area contributed by atoms with Crippen molar-refractivity contribution in [2.45, 2.75) is 26.3 Å². The summed E-state index contributed by atoms with van der Waals surface area (Å²) < 4.78 is 2.13. The molecule has 2 rings (SSSR count). The topological polar surface area (TPSA) is 29.3 Å². The molecule has 3 nitrogen and oxygen atoms in total. The number of pyridine rings is 1. The quantitative estimate of drug-likeness (QED) is 0.626. The van der Waals surface area contributed by atoms with E-state index >= 15 is 0 Å². The number of unbranched alkanes of at least 4 members (excludes halogenated alkanes) is 1. The number of nitrogens with one attached hydrogen (secondary N) is 1. The smallest absolute Gasteiger partial charge is 0.137 e. The molecule has 2 aromatic rings. The lowest BCUT2D eigenvalue weighted by Gasteiger charge is -2.04. The molecule has 0 unspecified atom stereocenters. The van der Waals surface area contributed by atoms with E-state index in [0.717, 1.165) is 37.3 Å². The second-order valence-electron chi connectivity index (χ2n) is 4.06. The van der Waals surface area contributed by atoms with Gasteiger partial charge in [-0.25, -0.2) is 4.98 Å². The van der Waals surface area contributed by atoms with Crippen LogP contribution in [0.4, 0.5) is 0 Å². The summed E-state index contributed by atoms with van der Waals surface area (Å²) in [6.45, 7) is 3.83. The summed E-state index contributed by atoms with van der Waals surface area (Å²) in [6, 6.07) is 6.05. The fourth-order valence-electron chi connectivity index (χ4n) is 1.90. The summed E-state index contributed by atoms with van der Waals surface area (Å²) in [4.78, 5) is 4.52.